The van der Waals surface area contributed by atoms with Gasteiger partial charge in [0.2, 0.25) is 0 Å². The van der Waals surface area contributed by atoms with Crippen molar-refractivity contribution < 1.29 is 18.0 Å². The summed E-state index contributed by atoms with van der Waals surface area (Å²) in [6.45, 7) is 11.3. The Labute approximate surface area is 160 Å². The van der Waals surface area contributed by atoms with Crippen LogP contribution in [0.5, 0.6) is 0 Å². The molecule has 0 spiro atoms. The lowest BCUT2D eigenvalue weighted by Crippen LogP contribution is -2.19. The molecule has 0 aliphatic rings. The summed E-state index contributed by atoms with van der Waals surface area (Å²) in [6, 6.07) is 1.74. The van der Waals surface area contributed by atoms with E-state index < -0.39 is 18.5 Å². The number of aromatic amines is 1. The smallest absolute Gasteiger partial charge is 0.299 e. The van der Waals surface area contributed by atoms with Crippen LogP contribution in [0.4, 0.5) is 13.2 Å². The van der Waals surface area contributed by atoms with Crippen LogP contribution in [0.25, 0.3) is 5.57 Å². The molecule has 0 aliphatic carbocycles. The molecule has 0 fully saturated rings. The normalized spacial score (nSPS) is 13.2. The summed E-state index contributed by atoms with van der Waals surface area (Å²) in [6.07, 6.45) is 3.03. The summed E-state index contributed by atoms with van der Waals surface area (Å²) in [5, 5.41) is 6.94. The maximum Gasteiger partial charge on any atom is 0.389 e. The number of alkyl halides is 3. The number of aromatic nitrogens is 2. The average Bonchev–Trinajstić information content (AvgIpc) is 3.03. The fourth-order valence-corrected chi connectivity index (χ4v) is 2.75. The Hall–Kier alpha value is -2.11. The van der Waals surface area contributed by atoms with Gasteiger partial charge in [0.05, 0.1) is 5.69 Å². The van der Waals surface area contributed by atoms with Crippen molar-refractivity contribution in [3.05, 3.63) is 48.3 Å². The standard InChI is InChI=1S/C19H25F3N2O.C2H6/c1-4-7-14(13-19(20,21)22)10-17(25)11-16-12-18(24-23-16)15(8-5-2)9-6-3;1-2/h5-6,8-9,12,14H,2,4,7,10-11,13H2,1,3H3,(H,23,24);1-2H3/b9-6-,15-8+;. The zero-order valence-corrected chi connectivity index (χ0v) is 16.7. The number of allylic oxidation sites excluding steroid dienone is 5. The molecule has 152 valence electrons. The minimum absolute atomic E-state index is 0.0578. The third-order valence-electron chi connectivity index (χ3n) is 3.69. The zero-order chi connectivity index (χ0) is 20.9. The van der Waals surface area contributed by atoms with E-state index in [2.05, 4.69) is 16.8 Å². The van der Waals surface area contributed by atoms with Gasteiger partial charge in [-0.2, -0.15) is 18.3 Å². The molecule has 6 heteroatoms. The molecule has 1 heterocycles. The second-order valence-electron chi connectivity index (χ2n) is 6.03. The average molecular weight is 384 g/mol. The van der Waals surface area contributed by atoms with Crippen molar-refractivity contribution >= 4 is 11.4 Å². The van der Waals surface area contributed by atoms with Gasteiger partial charge in [0, 0.05) is 30.5 Å². The molecular formula is C21H31F3N2O. The van der Waals surface area contributed by atoms with Crippen LogP contribution in [0.3, 0.4) is 0 Å². The second kappa shape index (κ2) is 13.1. The highest BCUT2D eigenvalue weighted by Crippen LogP contribution is 2.29. The van der Waals surface area contributed by atoms with Crippen molar-refractivity contribution in [1.82, 2.24) is 10.2 Å². The first-order chi connectivity index (χ1) is 12.8. The molecule has 1 aromatic heterocycles. The van der Waals surface area contributed by atoms with Crippen molar-refractivity contribution in [2.45, 2.75) is 66.0 Å². The highest BCUT2D eigenvalue weighted by atomic mass is 19.4. The van der Waals surface area contributed by atoms with Gasteiger partial charge in [0.15, 0.2) is 0 Å². The Morgan fingerprint density at radius 2 is 2.04 bits per heavy atom. The molecule has 0 bridgehead atoms. The van der Waals surface area contributed by atoms with E-state index in [1.165, 1.54) is 0 Å². The van der Waals surface area contributed by atoms with Crippen molar-refractivity contribution in [1.29, 1.82) is 0 Å². The van der Waals surface area contributed by atoms with Crippen molar-refractivity contribution in [3.8, 4) is 0 Å². The SMILES string of the molecule is C=C/C=C(\C=C/C)c1cc(CC(=O)CC(CCC)CC(F)(F)F)[nH]n1.CC. The van der Waals surface area contributed by atoms with E-state index >= 15 is 0 Å². The maximum atomic E-state index is 12.6. The van der Waals surface area contributed by atoms with Gasteiger partial charge < -0.3 is 0 Å². The van der Waals surface area contributed by atoms with Crippen molar-refractivity contribution in [2.24, 2.45) is 5.92 Å². The first-order valence-electron chi connectivity index (χ1n) is 9.37. The largest absolute Gasteiger partial charge is 0.389 e. The first kappa shape index (κ1) is 24.9. The Morgan fingerprint density at radius 3 is 2.56 bits per heavy atom. The van der Waals surface area contributed by atoms with Crippen LogP contribution >= 0.6 is 0 Å². The molecule has 0 aromatic carbocycles. The number of nitrogens with one attached hydrogen (secondary N) is 1. The Kier molecular flexibility index (Phi) is 12.1. The molecule has 0 radical (unpaired) electrons. The molecule has 1 aromatic rings. The summed E-state index contributed by atoms with van der Waals surface area (Å²) in [7, 11) is 0. The van der Waals surface area contributed by atoms with Crippen LogP contribution in [0.2, 0.25) is 0 Å². The molecule has 0 saturated carbocycles. The number of H-pyrrole nitrogens is 1. The van der Waals surface area contributed by atoms with E-state index in [0.717, 1.165) is 5.57 Å². The predicted octanol–water partition coefficient (Wildman–Crippen LogP) is 6.45. The third kappa shape index (κ3) is 10.6. The van der Waals surface area contributed by atoms with Gasteiger partial charge in [-0.25, -0.2) is 0 Å². The second-order valence-corrected chi connectivity index (χ2v) is 6.03. The highest BCUT2D eigenvalue weighted by Gasteiger charge is 2.32. The van der Waals surface area contributed by atoms with Crippen LogP contribution < -0.4 is 0 Å². The van der Waals surface area contributed by atoms with Gasteiger partial charge in [-0.15, -0.1) is 0 Å². The van der Waals surface area contributed by atoms with Gasteiger partial charge in [-0.1, -0.05) is 58.1 Å². The molecule has 27 heavy (non-hydrogen) atoms. The van der Waals surface area contributed by atoms with E-state index in [1.54, 1.807) is 18.2 Å². The molecule has 0 saturated heterocycles. The van der Waals surface area contributed by atoms with Crippen molar-refractivity contribution in [2.75, 3.05) is 0 Å². The predicted molar refractivity (Wildman–Crippen MR) is 105 cm³/mol. The summed E-state index contributed by atoms with van der Waals surface area (Å²) in [5.41, 5.74) is 2.11. The third-order valence-corrected chi connectivity index (χ3v) is 3.69. The monoisotopic (exact) mass is 384 g/mol. The van der Waals surface area contributed by atoms with E-state index in [4.69, 9.17) is 0 Å². The quantitative estimate of drug-likeness (QED) is 0.471. The molecular weight excluding hydrogens is 353 g/mol. The lowest BCUT2D eigenvalue weighted by molar-refractivity contribution is -0.146. The van der Waals surface area contributed by atoms with Gasteiger partial charge in [0.25, 0.3) is 0 Å². The number of hydrogen-bond acceptors (Lipinski definition) is 2. The fourth-order valence-electron chi connectivity index (χ4n) is 2.75. The van der Waals surface area contributed by atoms with E-state index in [1.807, 2.05) is 39.8 Å². The lowest BCUT2D eigenvalue weighted by Gasteiger charge is -2.17. The molecule has 1 atom stereocenters. The number of carbonyl (C=O) groups excluding carboxylic acids is 1. The van der Waals surface area contributed by atoms with E-state index in [0.29, 0.717) is 24.2 Å². The first-order valence-corrected chi connectivity index (χ1v) is 9.37. The van der Waals surface area contributed by atoms with E-state index in [-0.39, 0.29) is 18.6 Å². The lowest BCUT2D eigenvalue weighted by atomic mass is 9.92. The number of hydrogen-bond donors (Lipinski definition) is 1. The van der Waals surface area contributed by atoms with Gasteiger partial charge in [-0.05, 0) is 25.3 Å². The summed E-state index contributed by atoms with van der Waals surface area (Å²) in [5.74, 6) is -0.864. The number of halogens is 3. The number of carbonyl (C=O) groups is 1. The van der Waals surface area contributed by atoms with Crippen LogP contribution in [-0.2, 0) is 11.2 Å². The summed E-state index contributed by atoms with van der Waals surface area (Å²) >= 11 is 0. The Balaban J connectivity index is 0.00000326. The Bertz CT molecular complexity index is 628. The Morgan fingerprint density at radius 1 is 1.37 bits per heavy atom. The van der Waals surface area contributed by atoms with E-state index in [9.17, 15) is 18.0 Å². The topological polar surface area (TPSA) is 45.8 Å². The van der Waals surface area contributed by atoms with Crippen LogP contribution in [0, 0.1) is 5.92 Å². The molecule has 1 rings (SSSR count). The number of ketones is 1. The minimum Gasteiger partial charge on any atom is -0.299 e. The number of rotatable bonds is 10. The van der Waals surface area contributed by atoms with Gasteiger partial charge in [-0.3, -0.25) is 9.89 Å². The fraction of sp³-hybridized carbons (Fsp3) is 0.524. The zero-order valence-electron chi connectivity index (χ0n) is 16.7. The molecule has 0 amide bonds. The minimum atomic E-state index is -4.24. The highest BCUT2D eigenvalue weighted by molar-refractivity contribution is 5.81. The van der Waals surface area contributed by atoms with Crippen LogP contribution in [-0.4, -0.2) is 22.2 Å². The van der Waals surface area contributed by atoms with Crippen LogP contribution in [0.1, 0.15) is 64.8 Å². The number of nitrogens with zero attached hydrogens (tertiary/aromatic N) is 1. The van der Waals surface area contributed by atoms with Crippen LogP contribution in [0.15, 0.2) is 36.9 Å². The van der Waals surface area contributed by atoms with Gasteiger partial charge in [0.1, 0.15) is 5.78 Å². The molecule has 0 aliphatic heterocycles. The molecule has 1 unspecified atom stereocenters. The number of Topliss-reactive ketones (excluding diaryl/α,β-unsaturated/α-hetero) is 1. The summed E-state index contributed by atoms with van der Waals surface area (Å²) in [4.78, 5) is 12.2. The maximum absolute atomic E-state index is 12.6. The van der Waals surface area contributed by atoms with Crippen molar-refractivity contribution in [3.63, 3.8) is 0 Å². The molecule has 3 nitrogen and oxygen atoms in total. The summed E-state index contributed by atoms with van der Waals surface area (Å²) < 4.78 is 37.8. The van der Waals surface area contributed by atoms with Gasteiger partial charge >= 0.3 is 6.18 Å². The molecule has 1 N–H and O–H groups in total.